The van der Waals surface area contributed by atoms with Crippen LogP contribution in [-0.2, 0) is 19.1 Å². The molecule has 2 amide bonds. The first-order chi connectivity index (χ1) is 12.6. The summed E-state index contributed by atoms with van der Waals surface area (Å²) in [5.41, 5.74) is 1.85. The van der Waals surface area contributed by atoms with Gasteiger partial charge in [-0.15, -0.1) is 0 Å². The molecule has 0 bridgehead atoms. The number of anilines is 2. The first-order valence-corrected chi connectivity index (χ1v) is 8.88. The summed E-state index contributed by atoms with van der Waals surface area (Å²) in [6, 6.07) is 5.00. The molecular weight excluding hydrogens is 338 g/mol. The summed E-state index contributed by atoms with van der Waals surface area (Å²) in [4.78, 5) is 40.2. The maximum absolute atomic E-state index is 12.3. The topological polar surface area (TPSA) is 88.2 Å². The number of nitrogens with zero attached hydrogens (tertiary/aromatic N) is 2. The molecule has 2 fully saturated rings. The van der Waals surface area contributed by atoms with Crippen LogP contribution in [0.3, 0.4) is 0 Å². The molecule has 8 heteroatoms. The number of fused-ring (bicyclic) bond motifs is 3. The van der Waals surface area contributed by atoms with Crippen molar-refractivity contribution in [2.45, 2.75) is 18.9 Å². The highest BCUT2D eigenvalue weighted by Gasteiger charge is 2.36. The Bertz CT molecular complexity index is 744. The Kier molecular flexibility index (Phi) is 4.50. The van der Waals surface area contributed by atoms with E-state index in [9.17, 15) is 14.4 Å². The zero-order valence-electron chi connectivity index (χ0n) is 14.4. The Morgan fingerprint density at radius 3 is 2.85 bits per heavy atom. The molecule has 3 aliphatic heterocycles. The molecule has 1 atom stereocenters. The zero-order valence-corrected chi connectivity index (χ0v) is 14.4. The van der Waals surface area contributed by atoms with Gasteiger partial charge in [0.25, 0.3) is 5.91 Å². The van der Waals surface area contributed by atoms with Crippen LogP contribution in [0.15, 0.2) is 18.2 Å². The van der Waals surface area contributed by atoms with Gasteiger partial charge in [0.05, 0.1) is 30.2 Å². The molecule has 8 nitrogen and oxygen atoms in total. The highest BCUT2D eigenvalue weighted by molar-refractivity contribution is 6.05. The maximum Gasteiger partial charge on any atom is 0.338 e. The molecule has 0 saturated carbocycles. The summed E-state index contributed by atoms with van der Waals surface area (Å²) in [5.74, 6) is -0.844. The summed E-state index contributed by atoms with van der Waals surface area (Å²) in [5, 5.41) is 2.87. The van der Waals surface area contributed by atoms with Gasteiger partial charge in [-0.1, -0.05) is 0 Å². The molecule has 4 rings (SSSR count). The van der Waals surface area contributed by atoms with Gasteiger partial charge in [0.1, 0.15) is 6.04 Å². The van der Waals surface area contributed by atoms with E-state index in [1.807, 2.05) is 6.07 Å². The number of benzene rings is 1. The second-order valence-corrected chi connectivity index (χ2v) is 6.64. The summed E-state index contributed by atoms with van der Waals surface area (Å²) in [6.07, 6.45) is 1.82. The lowest BCUT2D eigenvalue weighted by atomic mass is 10.1. The molecule has 26 heavy (non-hydrogen) atoms. The molecule has 138 valence electrons. The first-order valence-electron chi connectivity index (χ1n) is 8.88. The minimum absolute atomic E-state index is 0.0389. The largest absolute Gasteiger partial charge is 0.452 e. The van der Waals surface area contributed by atoms with Gasteiger partial charge in [0.2, 0.25) is 5.91 Å². The fourth-order valence-corrected chi connectivity index (χ4v) is 3.67. The number of carbonyl (C=O) groups excluding carboxylic acids is 3. The first kappa shape index (κ1) is 16.8. The Labute approximate surface area is 151 Å². The highest BCUT2D eigenvalue weighted by atomic mass is 16.5. The van der Waals surface area contributed by atoms with Crippen molar-refractivity contribution >= 4 is 29.2 Å². The molecule has 0 aliphatic carbocycles. The second-order valence-electron chi connectivity index (χ2n) is 6.64. The van der Waals surface area contributed by atoms with Crippen molar-refractivity contribution < 1.29 is 23.9 Å². The molecule has 2 saturated heterocycles. The normalized spacial score (nSPS) is 21.7. The average molecular weight is 359 g/mol. The van der Waals surface area contributed by atoms with Crippen LogP contribution < -0.4 is 10.2 Å². The number of esters is 1. The summed E-state index contributed by atoms with van der Waals surface area (Å²) >= 11 is 0. The van der Waals surface area contributed by atoms with Crippen LogP contribution in [-0.4, -0.2) is 68.2 Å². The third kappa shape index (κ3) is 3.12. The van der Waals surface area contributed by atoms with E-state index < -0.39 is 5.97 Å². The second kappa shape index (κ2) is 6.95. The standard InChI is InChI=1S/C18H21N3O5/c22-16(20-6-8-25-9-7-20)11-26-18(24)12-3-4-14-13(10-12)19-17(23)15-2-1-5-21(14)15/h3-4,10,15H,1-2,5-9,11H2,(H,19,23)/t15-/m0/s1. The van der Waals surface area contributed by atoms with Crippen molar-refractivity contribution in [2.24, 2.45) is 0 Å². The van der Waals surface area contributed by atoms with Gasteiger partial charge in [-0.05, 0) is 31.0 Å². The van der Waals surface area contributed by atoms with Crippen LogP contribution in [0.25, 0.3) is 0 Å². The Morgan fingerprint density at radius 1 is 1.23 bits per heavy atom. The molecule has 3 aliphatic rings. The van der Waals surface area contributed by atoms with Crippen molar-refractivity contribution in [3.05, 3.63) is 23.8 Å². The van der Waals surface area contributed by atoms with E-state index in [1.165, 1.54) is 0 Å². The number of ether oxygens (including phenoxy) is 2. The molecule has 1 N–H and O–H groups in total. The van der Waals surface area contributed by atoms with Crippen molar-refractivity contribution in [1.82, 2.24) is 4.90 Å². The zero-order chi connectivity index (χ0) is 18.1. The van der Waals surface area contributed by atoms with E-state index in [0.717, 1.165) is 25.1 Å². The van der Waals surface area contributed by atoms with Gasteiger partial charge in [-0.25, -0.2) is 4.79 Å². The molecular formula is C18H21N3O5. The number of amides is 2. The minimum atomic E-state index is -0.577. The quantitative estimate of drug-likeness (QED) is 0.796. The van der Waals surface area contributed by atoms with Crippen LogP contribution in [0.1, 0.15) is 23.2 Å². The smallest absolute Gasteiger partial charge is 0.338 e. The molecule has 0 unspecified atom stereocenters. The van der Waals surface area contributed by atoms with E-state index in [-0.39, 0.29) is 24.5 Å². The van der Waals surface area contributed by atoms with E-state index >= 15 is 0 Å². The van der Waals surface area contributed by atoms with E-state index in [0.29, 0.717) is 37.6 Å². The van der Waals surface area contributed by atoms with Gasteiger partial charge in [0.15, 0.2) is 6.61 Å². The van der Waals surface area contributed by atoms with Gasteiger partial charge in [0, 0.05) is 19.6 Å². The number of carbonyl (C=O) groups is 3. The lowest BCUT2D eigenvalue weighted by molar-refractivity contribution is -0.138. The highest BCUT2D eigenvalue weighted by Crippen LogP contribution is 2.37. The van der Waals surface area contributed by atoms with Crippen molar-refractivity contribution in [3.63, 3.8) is 0 Å². The van der Waals surface area contributed by atoms with Crippen molar-refractivity contribution in [1.29, 1.82) is 0 Å². The summed E-state index contributed by atoms with van der Waals surface area (Å²) < 4.78 is 10.3. The van der Waals surface area contributed by atoms with Crippen LogP contribution in [0.5, 0.6) is 0 Å². The predicted molar refractivity (Wildman–Crippen MR) is 93.1 cm³/mol. The van der Waals surface area contributed by atoms with Crippen LogP contribution in [0.4, 0.5) is 11.4 Å². The van der Waals surface area contributed by atoms with Gasteiger partial charge < -0.3 is 24.6 Å². The van der Waals surface area contributed by atoms with Crippen molar-refractivity contribution in [2.75, 3.05) is 49.7 Å². The lowest BCUT2D eigenvalue weighted by Gasteiger charge is -2.33. The van der Waals surface area contributed by atoms with E-state index in [2.05, 4.69) is 10.2 Å². The fourth-order valence-electron chi connectivity index (χ4n) is 3.67. The third-order valence-electron chi connectivity index (χ3n) is 5.05. The molecule has 1 aromatic carbocycles. The number of nitrogens with one attached hydrogen (secondary N) is 1. The number of hydrogen-bond acceptors (Lipinski definition) is 6. The molecule has 0 spiro atoms. The Balaban J connectivity index is 1.42. The minimum Gasteiger partial charge on any atom is -0.452 e. The van der Waals surface area contributed by atoms with Crippen LogP contribution in [0.2, 0.25) is 0 Å². The van der Waals surface area contributed by atoms with Gasteiger partial charge in [-0.2, -0.15) is 0 Å². The Morgan fingerprint density at radius 2 is 2.04 bits per heavy atom. The van der Waals surface area contributed by atoms with Gasteiger partial charge in [-0.3, -0.25) is 9.59 Å². The van der Waals surface area contributed by atoms with Gasteiger partial charge >= 0.3 is 5.97 Å². The molecule has 3 heterocycles. The number of hydrogen-bond donors (Lipinski definition) is 1. The fraction of sp³-hybridized carbons (Fsp3) is 0.500. The summed E-state index contributed by atoms with van der Waals surface area (Å²) in [7, 11) is 0. The molecule has 0 radical (unpaired) electrons. The van der Waals surface area contributed by atoms with E-state index in [4.69, 9.17) is 9.47 Å². The third-order valence-corrected chi connectivity index (χ3v) is 5.05. The lowest BCUT2D eigenvalue weighted by Crippen LogP contribution is -2.44. The SMILES string of the molecule is O=C(OCC(=O)N1CCOCC1)c1ccc2c(c1)NC(=O)[C@@H]1CCCN21. The Hall–Kier alpha value is -2.61. The summed E-state index contributed by atoms with van der Waals surface area (Å²) in [6.45, 7) is 2.57. The maximum atomic E-state index is 12.3. The van der Waals surface area contributed by atoms with Crippen LogP contribution >= 0.6 is 0 Å². The van der Waals surface area contributed by atoms with Crippen molar-refractivity contribution in [3.8, 4) is 0 Å². The average Bonchev–Trinajstić information content (AvgIpc) is 3.17. The molecule has 0 aromatic heterocycles. The predicted octanol–water partition coefficient (Wildman–Crippen LogP) is 0.623. The number of rotatable bonds is 3. The monoisotopic (exact) mass is 359 g/mol. The van der Waals surface area contributed by atoms with Crippen LogP contribution in [0, 0.1) is 0 Å². The van der Waals surface area contributed by atoms with E-state index in [1.54, 1.807) is 17.0 Å². The molecule has 1 aromatic rings. The number of morpholine rings is 1.